The van der Waals surface area contributed by atoms with Gasteiger partial charge < -0.3 is 10.1 Å². The van der Waals surface area contributed by atoms with Crippen molar-refractivity contribution in [2.45, 2.75) is 13.0 Å². The summed E-state index contributed by atoms with van der Waals surface area (Å²) in [6.45, 7) is 2.08. The lowest BCUT2D eigenvalue weighted by atomic mass is 9.97. The molecule has 2 aromatic carbocycles. The maximum atomic E-state index is 6.01. The molecule has 19 heavy (non-hydrogen) atoms. The third-order valence-corrected chi connectivity index (χ3v) is 3.44. The second kappa shape index (κ2) is 6.09. The number of ether oxygens (including phenoxy) is 1. The molecular weight excluding hydrogens is 258 g/mol. The van der Waals surface area contributed by atoms with Gasteiger partial charge in [0.15, 0.2) is 0 Å². The fourth-order valence-electron chi connectivity index (χ4n) is 2.18. The van der Waals surface area contributed by atoms with Crippen molar-refractivity contribution in [2.24, 2.45) is 0 Å². The zero-order valence-electron chi connectivity index (χ0n) is 11.4. The molecule has 0 aromatic heterocycles. The molecule has 1 N–H and O–H groups in total. The Morgan fingerprint density at radius 2 is 1.79 bits per heavy atom. The van der Waals surface area contributed by atoms with E-state index in [1.54, 1.807) is 7.11 Å². The number of methoxy groups -OCH3 is 1. The molecule has 0 saturated heterocycles. The molecule has 0 bridgehead atoms. The van der Waals surface area contributed by atoms with Crippen LogP contribution in [0.15, 0.2) is 42.5 Å². The van der Waals surface area contributed by atoms with E-state index in [1.165, 1.54) is 11.1 Å². The number of hydrogen-bond acceptors (Lipinski definition) is 2. The first-order chi connectivity index (χ1) is 9.15. The van der Waals surface area contributed by atoms with Crippen LogP contribution in [0.1, 0.15) is 22.7 Å². The average Bonchev–Trinajstić information content (AvgIpc) is 2.43. The van der Waals surface area contributed by atoms with Gasteiger partial charge in [-0.1, -0.05) is 47.5 Å². The molecule has 2 nitrogen and oxygen atoms in total. The van der Waals surface area contributed by atoms with E-state index in [0.717, 1.165) is 11.3 Å². The Labute approximate surface area is 119 Å². The minimum Gasteiger partial charge on any atom is -0.496 e. The van der Waals surface area contributed by atoms with Crippen LogP contribution >= 0.6 is 11.6 Å². The van der Waals surface area contributed by atoms with Crippen molar-refractivity contribution in [3.8, 4) is 5.75 Å². The van der Waals surface area contributed by atoms with Gasteiger partial charge in [0.05, 0.1) is 13.2 Å². The number of benzene rings is 2. The SMILES string of the molecule is CNC(c1ccc(C)cc1)c1ccc(Cl)cc1OC. The van der Waals surface area contributed by atoms with Crippen LogP contribution < -0.4 is 10.1 Å². The monoisotopic (exact) mass is 275 g/mol. The lowest BCUT2D eigenvalue weighted by molar-refractivity contribution is 0.405. The summed E-state index contributed by atoms with van der Waals surface area (Å²) in [5, 5.41) is 4.01. The summed E-state index contributed by atoms with van der Waals surface area (Å²) < 4.78 is 5.43. The second-order valence-electron chi connectivity index (χ2n) is 4.52. The van der Waals surface area contributed by atoms with E-state index in [1.807, 2.05) is 25.2 Å². The highest BCUT2D eigenvalue weighted by Crippen LogP contribution is 2.32. The molecule has 0 fully saturated rings. The van der Waals surface area contributed by atoms with Gasteiger partial charge in [0, 0.05) is 10.6 Å². The van der Waals surface area contributed by atoms with Crippen molar-refractivity contribution in [1.29, 1.82) is 0 Å². The standard InChI is InChI=1S/C16H18ClNO/c1-11-4-6-12(7-5-11)16(18-2)14-9-8-13(17)10-15(14)19-3/h4-10,16,18H,1-3H3. The number of halogens is 1. The Kier molecular flexibility index (Phi) is 4.46. The smallest absolute Gasteiger partial charge is 0.125 e. The van der Waals surface area contributed by atoms with E-state index in [-0.39, 0.29) is 6.04 Å². The molecular formula is C16H18ClNO. The molecule has 3 heteroatoms. The maximum Gasteiger partial charge on any atom is 0.125 e. The molecule has 0 saturated carbocycles. The first kappa shape index (κ1) is 13.9. The van der Waals surface area contributed by atoms with Crippen LogP contribution in [0.25, 0.3) is 0 Å². The fraction of sp³-hybridized carbons (Fsp3) is 0.250. The van der Waals surface area contributed by atoms with Gasteiger partial charge in [-0.05, 0) is 31.7 Å². The summed E-state index contributed by atoms with van der Waals surface area (Å²) >= 11 is 6.01. The Balaban J connectivity index is 2.44. The van der Waals surface area contributed by atoms with Crippen molar-refractivity contribution in [2.75, 3.05) is 14.2 Å². The van der Waals surface area contributed by atoms with E-state index in [4.69, 9.17) is 16.3 Å². The number of hydrogen-bond donors (Lipinski definition) is 1. The highest BCUT2D eigenvalue weighted by molar-refractivity contribution is 6.30. The van der Waals surface area contributed by atoms with Crippen molar-refractivity contribution >= 4 is 11.6 Å². The second-order valence-corrected chi connectivity index (χ2v) is 4.96. The predicted octanol–water partition coefficient (Wildman–Crippen LogP) is 3.97. The van der Waals surface area contributed by atoms with Gasteiger partial charge in [0.2, 0.25) is 0 Å². The molecule has 0 radical (unpaired) electrons. The quantitative estimate of drug-likeness (QED) is 0.912. The molecule has 2 rings (SSSR count). The Hall–Kier alpha value is -1.51. The van der Waals surface area contributed by atoms with Gasteiger partial charge in [-0.2, -0.15) is 0 Å². The van der Waals surface area contributed by atoms with Gasteiger partial charge in [-0.15, -0.1) is 0 Å². The molecule has 2 aromatic rings. The summed E-state index contributed by atoms with van der Waals surface area (Å²) in [5.41, 5.74) is 3.54. The Morgan fingerprint density at radius 1 is 1.11 bits per heavy atom. The van der Waals surface area contributed by atoms with Gasteiger partial charge in [0.1, 0.15) is 5.75 Å². The highest BCUT2D eigenvalue weighted by Gasteiger charge is 2.16. The minimum atomic E-state index is 0.0906. The normalized spacial score (nSPS) is 12.2. The molecule has 1 atom stereocenters. The summed E-state index contributed by atoms with van der Waals surface area (Å²) in [5.74, 6) is 0.799. The highest BCUT2D eigenvalue weighted by atomic mass is 35.5. The first-order valence-corrected chi connectivity index (χ1v) is 6.60. The summed E-state index contributed by atoms with van der Waals surface area (Å²) in [7, 11) is 3.61. The number of rotatable bonds is 4. The van der Waals surface area contributed by atoms with Gasteiger partial charge in [-0.25, -0.2) is 0 Å². The van der Waals surface area contributed by atoms with Gasteiger partial charge in [0.25, 0.3) is 0 Å². The van der Waals surface area contributed by atoms with Crippen LogP contribution in [-0.4, -0.2) is 14.2 Å². The van der Waals surface area contributed by atoms with Crippen LogP contribution in [0, 0.1) is 6.92 Å². The largest absolute Gasteiger partial charge is 0.496 e. The first-order valence-electron chi connectivity index (χ1n) is 6.23. The summed E-state index contributed by atoms with van der Waals surface area (Å²) in [6, 6.07) is 14.3. The average molecular weight is 276 g/mol. The third kappa shape index (κ3) is 3.09. The number of nitrogens with one attached hydrogen (secondary N) is 1. The lowest BCUT2D eigenvalue weighted by Crippen LogP contribution is -2.18. The van der Waals surface area contributed by atoms with Gasteiger partial charge >= 0.3 is 0 Å². The third-order valence-electron chi connectivity index (χ3n) is 3.21. The van der Waals surface area contributed by atoms with Crippen LogP contribution in [0.3, 0.4) is 0 Å². The molecule has 100 valence electrons. The molecule has 0 aliphatic rings. The molecule has 0 aliphatic heterocycles. The van der Waals surface area contributed by atoms with Crippen LogP contribution in [0.2, 0.25) is 5.02 Å². The van der Waals surface area contributed by atoms with E-state index < -0.39 is 0 Å². The van der Waals surface area contributed by atoms with Gasteiger partial charge in [-0.3, -0.25) is 0 Å². The summed E-state index contributed by atoms with van der Waals surface area (Å²) in [6.07, 6.45) is 0. The molecule has 0 aliphatic carbocycles. The Morgan fingerprint density at radius 3 is 2.37 bits per heavy atom. The van der Waals surface area contributed by atoms with E-state index >= 15 is 0 Å². The van der Waals surface area contributed by atoms with E-state index in [0.29, 0.717) is 5.02 Å². The molecule has 0 spiro atoms. The minimum absolute atomic E-state index is 0.0906. The van der Waals surface area contributed by atoms with Crippen molar-refractivity contribution in [3.63, 3.8) is 0 Å². The topological polar surface area (TPSA) is 21.3 Å². The molecule has 1 unspecified atom stereocenters. The summed E-state index contributed by atoms with van der Waals surface area (Å²) in [4.78, 5) is 0. The number of aryl methyl sites for hydroxylation is 1. The van der Waals surface area contributed by atoms with Crippen molar-refractivity contribution < 1.29 is 4.74 Å². The lowest BCUT2D eigenvalue weighted by Gasteiger charge is -2.20. The van der Waals surface area contributed by atoms with E-state index in [9.17, 15) is 0 Å². The Bertz CT molecular complexity index is 551. The fourth-order valence-corrected chi connectivity index (χ4v) is 2.35. The molecule has 0 heterocycles. The van der Waals surface area contributed by atoms with Crippen molar-refractivity contribution in [3.05, 3.63) is 64.2 Å². The maximum absolute atomic E-state index is 6.01. The van der Waals surface area contributed by atoms with Crippen LogP contribution in [-0.2, 0) is 0 Å². The van der Waals surface area contributed by atoms with Crippen molar-refractivity contribution in [1.82, 2.24) is 5.32 Å². The molecule has 0 amide bonds. The van der Waals surface area contributed by atoms with E-state index in [2.05, 4.69) is 36.5 Å². The predicted molar refractivity (Wildman–Crippen MR) is 80.1 cm³/mol. The van der Waals surface area contributed by atoms with Crippen LogP contribution in [0.4, 0.5) is 0 Å². The zero-order valence-corrected chi connectivity index (χ0v) is 12.2. The zero-order chi connectivity index (χ0) is 13.8. The van der Waals surface area contributed by atoms with Crippen LogP contribution in [0.5, 0.6) is 5.75 Å².